The predicted molar refractivity (Wildman–Crippen MR) is 180 cm³/mol. The van der Waals surface area contributed by atoms with Crippen LogP contribution < -0.4 is 21.3 Å². The number of alkyl carbamates (subject to hydrolysis) is 1. The van der Waals surface area contributed by atoms with E-state index in [0.29, 0.717) is 19.4 Å². The smallest absolute Gasteiger partial charge is 0.408 e. The zero-order valence-corrected chi connectivity index (χ0v) is 28.6. The number of hydrogen-bond acceptors (Lipinski definition) is 9. The van der Waals surface area contributed by atoms with Gasteiger partial charge in [0.2, 0.25) is 17.7 Å². The summed E-state index contributed by atoms with van der Waals surface area (Å²) in [6.45, 7) is 7.39. The number of ether oxygens (including phenoxy) is 3. The number of carbonyl (C=O) groups is 6. The summed E-state index contributed by atoms with van der Waals surface area (Å²) in [6, 6.07) is 14.8. The molecular formula is C36H48N4O9. The quantitative estimate of drug-likeness (QED) is 0.144. The Labute approximate surface area is 287 Å². The molecule has 0 spiro atoms. The van der Waals surface area contributed by atoms with E-state index in [1.165, 1.54) is 0 Å². The SMILES string of the molecule is CCOC(=O)CC[C@H](C[C@@H]1CCNC1=O)NC(=O)[C@H](Cc1ccccc1)NC(=O)[C@H](CC(=O)OC(C)(C)C)NC(=O)OCc1ccccc1. The van der Waals surface area contributed by atoms with Crippen LogP contribution in [0.25, 0.3) is 0 Å². The molecule has 1 fully saturated rings. The number of carbonyl (C=O) groups excluding carboxylic acids is 6. The van der Waals surface area contributed by atoms with Crippen molar-refractivity contribution in [1.29, 1.82) is 0 Å². The van der Waals surface area contributed by atoms with Crippen LogP contribution in [-0.4, -0.2) is 72.6 Å². The molecule has 0 unspecified atom stereocenters. The molecule has 49 heavy (non-hydrogen) atoms. The van der Waals surface area contributed by atoms with E-state index in [2.05, 4.69) is 21.3 Å². The highest BCUT2D eigenvalue weighted by atomic mass is 16.6. The highest BCUT2D eigenvalue weighted by Crippen LogP contribution is 2.19. The molecule has 2 aromatic carbocycles. The molecule has 0 aliphatic carbocycles. The summed E-state index contributed by atoms with van der Waals surface area (Å²) in [5, 5.41) is 10.9. The van der Waals surface area contributed by atoms with Crippen molar-refractivity contribution < 1.29 is 43.0 Å². The van der Waals surface area contributed by atoms with Gasteiger partial charge in [0.1, 0.15) is 24.3 Å². The van der Waals surface area contributed by atoms with Crippen LogP contribution in [-0.2, 0) is 51.2 Å². The molecule has 0 radical (unpaired) electrons. The normalized spacial score (nSPS) is 15.9. The number of benzene rings is 2. The monoisotopic (exact) mass is 680 g/mol. The Hall–Kier alpha value is -4.94. The van der Waals surface area contributed by atoms with E-state index in [1.54, 1.807) is 76.2 Å². The molecule has 13 heteroatoms. The Kier molecular flexibility index (Phi) is 15.1. The first-order valence-corrected chi connectivity index (χ1v) is 16.6. The summed E-state index contributed by atoms with van der Waals surface area (Å²) in [5.74, 6) is -3.02. The largest absolute Gasteiger partial charge is 0.466 e. The van der Waals surface area contributed by atoms with E-state index in [1.807, 2.05) is 12.1 Å². The van der Waals surface area contributed by atoms with Gasteiger partial charge < -0.3 is 35.5 Å². The average Bonchev–Trinajstić information content (AvgIpc) is 3.45. The van der Waals surface area contributed by atoms with Crippen LogP contribution in [0.3, 0.4) is 0 Å². The molecule has 2 aromatic rings. The number of amides is 4. The fourth-order valence-corrected chi connectivity index (χ4v) is 5.29. The standard InChI is InChI=1S/C36H48N4O9/c1-5-47-30(41)17-16-27(21-26-18-19-37-32(26)43)38-33(44)28(20-24-12-8-6-9-13-24)39-34(45)29(22-31(42)49-36(2,3)4)40-35(46)48-23-25-14-10-7-11-15-25/h6-15,26-29H,5,16-23H2,1-4H3,(H,37,43)(H,38,44)(H,39,45)(H,40,46)/t26-,27+,28-,29-/m0/s1. The third kappa shape index (κ3) is 14.4. The Bertz CT molecular complexity index is 1410. The van der Waals surface area contributed by atoms with Crippen LogP contribution in [0.2, 0.25) is 0 Å². The molecule has 4 atom stereocenters. The van der Waals surface area contributed by atoms with Crippen molar-refractivity contribution in [2.75, 3.05) is 13.2 Å². The number of rotatable bonds is 17. The van der Waals surface area contributed by atoms with Crippen LogP contribution in [0.4, 0.5) is 4.79 Å². The van der Waals surface area contributed by atoms with Gasteiger partial charge in [-0.15, -0.1) is 0 Å². The van der Waals surface area contributed by atoms with Gasteiger partial charge in [0.15, 0.2) is 0 Å². The van der Waals surface area contributed by atoms with Gasteiger partial charge in [0, 0.05) is 31.3 Å². The third-order valence-electron chi connectivity index (χ3n) is 7.61. The summed E-state index contributed by atoms with van der Waals surface area (Å²) >= 11 is 0. The topological polar surface area (TPSA) is 178 Å². The summed E-state index contributed by atoms with van der Waals surface area (Å²) < 4.78 is 15.8. The van der Waals surface area contributed by atoms with Crippen LogP contribution in [0, 0.1) is 5.92 Å². The maximum Gasteiger partial charge on any atom is 0.408 e. The molecule has 4 N–H and O–H groups in total. The van der Waals surface area contributed by atoms with Crippen molar-refractivity contribution in [3.8, 4) is 0 Å². The van der Waals surface area contributed by atoms with E-state index in [4.69, 9.17) is 14.2 Å². The van der Waals surface area contributed by atoms with Gasteiger partial charge in [-0.05, 0) is 58.1 Å². The van der Waals surface area contributed by atoms with Crippen LogP contribution in [0.1, 0.15) is 70.9 Å². The fourth-order valence-electron chi connectivity index (χ4n) is 5.29. The van der Waals surface area contributed by atoms with E-state index in [9.17, 15) is 28.8 Å². The van der Waals surface area contributed by atoms with Gasteiger partial charge >= 0.3 is 18.0 Å². The van der Waals surface area contributed by atoms with Crippen LogP contribution in [0.5, 0.6) is 0 Å². The minimum atomic E-state index is -1.44. The Morgan fingerprint density at radius 1 is 0.837 bits per heavy atom. The van der Waals surface area contributed by atoms with Crippen molar-refractivity contribution in [1.82, 2.24) is 21.3 Å². The maximum atomic E-state index is 13.9. The minimum absolute atomic E-state index is 0.0236. The first kappa shape index (κ1) is 38.5. The number of esters is 2. The molecule has 13 nitrogen and oxygen atoms in total. The lowest BCUT2D eigenvalue weighted by Gasteiger charge is -2.27. The van der Waals surface area contributed by atoms with Gasteiger partial charge in [0.25, 0.3) is 0 Å². The molecule has 266 valence electrons. The molecule has 4 amide bonds. The van der Waals surface area contributed by atoms with Gasteiger partial charge in [-0.2, -0.15) is 0 Å². The second-order valence-corrected chi connectivity index (χ2v) is 12.9. The lowest BCUT2D eigenvalue weighted by Crippen LogP contribution is -2.56. The highest BCUT2D eigenvalue weighted by molar-refractivity contribution is 5.93. The second kappa shape index (κ2) is 19.2. The molecular weight excluding hydrogens is 632 g/mol. The van der Waals surface area contributed by atoms with Gasteiger partial charge in [-0.1, -0.05) is 60.7 Å². The van der Waals surface area contributed by atoms with Crippen molar-refractivity contribution in [2.24, 2.45) is 5.92 Å². The Morgan fingerprint density at radius 3 is 2.06 bits per heavy atom. The Morgan fingerprint density at radius 2 is 1.47 bits per heavy atom. The lowest BCUT2D eigenvalue weighted by molar-refractivity contribution is -0.156. The van der Waals surface area contributed by atoms with Gasteiger partial charge in [-0.25, -0.2) is 4.79 Å². The van der Waals surface area contributed by atoms with Gasteiger partial charge in [0.05, 0.1) is 13.0 Å². The maximum absolute atomic E-state index is 13.9. The summed E-state index contributed by atoms with van der Waals surface area (Å²) in [6.07, 6.45) is -0.268. The first-order valence-electron chi connectivity index (χ1n) is 16.6. The van der Waals surface area contributed by atoms with Crippen molar-refractivity contribution in [3.05, 3.63) is 71.8 Å². The van der Waals surface area contributed by atoms with E-state index >= 15 is 0 Å². The average molecular weight is 681 g/mol. The Balaban J connectivity index is 1.80. The van der Waals surface area contributed by atoms with Gasteiger partial charge in [-0.3, -0.25) is 24.0 Å². The summed E-state index contributed by atoms with van der Waals surface area (Å²) in [7, 11) is 0. The molecule has 1 heterocycles. The van der Waals surface area contributed by atoms with Crippen LogP contribution >= 0.6 is 0 Å². The molecule has 0 aromatic heterocycles. The minimum Gasteiger partial charge on any atom is -0.466 e. The molecule has 1 saturated heterocycles. The summed E-state index contributed by atoms with van der Waals surface area (Å²) in [4.78, 5) is 77.8. The number of hydrogen-bond donors (Lipinski definition) is 4. The summed E-state index contributed by atoms with van der Waals surface area (Å²) in [5.41, 5.74) is 0.606. The molecule has 0 bridgehead atoms. The predicted octanol–water partition coefficient (Wildman–Crippen LogP) is 3.10. The zero-order valence-electron chi connectivity index (χ0n) is 28.6. The van der Waals surface area contributed by atoms with E-state index in [-0.39, 0.29) is 44.3 Å². The van der Waals surface area contributed by atoms with Crippen molar-refractivity contribution in [2.45, 2.75) is 96.6 Å². The molecule has 1 aliphatic heterocycles. The fraction of sp³-hybridized carbons (Fsp3) is 0.500. The zero-order chi connectivity index (χ0) is 35.8. The number of nitrogens with one attached hydrogen (secondary N) is 4. The molecule has 1 aliphatic rings. The van der Waals surface area contributed by atoms with E-state index in [0.717, 1.165) is 11.1 Å². The van der Waals surface area contributed by atoms with Crippen molar-refractivity contribution in [3.63, 3.8) is 0 Å². The second-order valence-electron chi connectivity index (χ2n) is 12.9. The first-order chi connectivity index (χ1) is 23.3. The third-order valence-corrected chi connectivity index (χ3v) is 7.61. The van der Waals surface area contributed by atoms with E-state index < -0.39 is 60.0 Å². The molecule has 0 saturated carbocycles. The molecule has 3 rings (SSSR count). The highest BCUT2D eigenvalue weighted by Gasteiger charge is 2.33. The lowest BCUT2D eigenvalue weighted by atomic mass is 9.94. The van der Waals surface area contributed by atoms with Crippen LogP contribution in [0.15, 0.2) is 60.7 Å². The van der Waals surface area contributed by atoms with Crippen molar-refractivity contribution >= 4 is 35.8 Å².